The first-order chi connectivity index (χ1) is 14.8. The second-order valence-corrected chi connectivity index (χ2v) is 8.87. The molecule has 0 spiro atoms. The molecule has 2 atom stereocenters. The number of likely N-dealkylation sites (tertiary alicyclic amines) is 1. The van der Waals surface area contributed by atoms with Gasteiger partial charge in [0.1, 0.15) is 6.29 Å². The Morgan fingerprint density at radius 1 is 1.29 bits per heavy atom. The molecule has 31 heavy (non-hydrogen) atoms. The van der Waals surface area contributed by atoms with Crippen LogP contribution < -0.4 is 22.1 Å². The van der Waals surface area contributed by atoms with Gasteiger partial charge in [0.25, 0.3) is 0 Å². The summed E-state index contributed by atoms with van der Waals surface area (Å²) in [5, 5.41) is 6.22. The number of rotatable bonds is 9. The average Bonchev–Trinajstić information content (AvgIpc) is 3.19. The molecule has 0 aliphatic carbocycles. The van der Waals surface area contributed by atoms with Crippen LogP contribution in [0, 0.1) is 5.92 Å². The molecule has 1 aliphatic heterocycles. The number of hydrogen-bond acceptors (Lipinski definition) is 8. The predicted molar refractivity (Wildman–Crippen MR) is 120 cm³/mol. The Kier molecular flexibility index (Phi) is 8.08. The van der Waals surface area contributed by atoms with E-state index in [1.807, 2.05) is 24.3 Å². The largest absolute Gasteiger partial charge is 0.346 e. The summed E-state index contributed by atoms with van der Waals surface area (Å²) in [6.45, 7) is 3.08. The highest BCUT2D eigenvalue weighted by Crippen LogP contribution is 2.24. The number of Topliss-reactive ketones (excluding diaryl/α,β-unsaturated/α-hetero) is 1. The standard InChI is InChI=1S/C21H30N6O3S/c1-13(28)27-11-5-6-14(12-27)19(30)25-16(8-4-10-24-21(22)23)18(29)20-26-15-7-2-3-9-17(15)31-20/h2-3,7,9,14,16,21,24H,4-6,8,10-12,22-23H2,1H3,(H,25,30)/t14-,16?/m1/s1. The highest BCUT2D eigenvalue weighted by Gasteiger charge is 2.31. The van der Waals surface area contributed by atoms with E-state index < -0.39 is 12.3 Å². The molecule has 9 nitrogen and oxygen atoms in total. The summed E-state index contributed by atoms with van der Waals surface area (Å²) in [7, 11) is 0. The van der Waals surface area contributed by atoms with E-state index in [9.17, 15) is 14.4 Å². The molecule has 1 fully saturated rings. The summed E-state index contributed by atoms with van der Waals surface area (Å²) in [5.41, 5.74) is 11.8. The van der Waals surface area contributed by atoms with Gasteiger partial charge in [-0.2, -0.15) is 0 Å². The van der Waals surface area contributed by atoms with Crippen LogP contribution in [0.3, 0.4) is 0 Å². The number of nitrogens with zero attached hydrogens (tertiary/aromatic N) is 2. The number of benzene rings is 1. The number of ketones is 1. The molecule has 1 unspecified atom stereocenters. The van der Waals surface area contributed by atoms with E-state index in [1.54, 1.807) is 4.90 Å². The molecule has 2 heterocycles. The number of carbonyl (C=O) groups excluding carboxylic acids is 3. The second-order valence-electron chi connectivity index (χ2n) is 7.84. The molecule has 2 aromatic rings. The minimum Gasteiger partial charge on any atom is -0.346 e. The SMILES string of the molecule is CC(=O)N1CCC[C@@H](C(=O)NC(CCCNC(N)N)C(=O)c2nc3ccccc3s2)C1. The number of nitrogens with two attached hydrogens (primary N) is 2. The van der Waals surface area contributed by atoms with Crippen molar-refractivity contribution in [1.29, 1.82) is 0 Å². The number of piperidine rings is 1. The Morgan fingerprint density at radius 2 is 2.06 bits per heavy atom. The monoisotopic (exact) mass is 446 g/mol. The van der Waals surface area contributed by atoms with Crippen molar-refractivity contribution in [1.82, 2.24) is 20.5 Å². The number of hydrogen-bond donors (Lipinski definition) is 4. The van der Waals surface area contributed by atoms with Gasteiger partial charge in [-0.25, -0.2) is 4.98 Å². The number of amides is 2. The van der Waals surface area contributed by atoms with E-state index in [-0.39, 0.29) is 23.5 Å². The summed E-state index contributed by atoms with van der Waals surface area (Å²) in [6.07, 6.45) is 1.88. The predicted octanol–water partition coefficient (Wildman–Crippen LogP) is 0.793. The highest BCUT2D eigenvalue weighted by atomic mass is 32.1. The number of thiazole rings is 1. The third kappa shape index (κ3) is 6.30. The first-order valence-corrected chi connectivity index (χ1v) is 11.4. The van der Waals surface area contributed by atoms with Gasteiger partial charge < -0.3 is 21.7 Å². The van der Waals surface area contributed by atoms with Gasteiger partial charge in [0.15, 0.2) is 5.01 Å². The number of carbonyl (C=O) groups is 3. The van der Waals surface area contributed by atoms with Gasteiger partial charge in [-0.05, 0) is 44.4 Å². The molecule has 1 saturated heterocycles. The summed E-state index contributed by atoms with van der Waals surface area (Å²) in [4.78, 5) is 44.0. The topological polar surface area (TPSA) is 143 Å². The van der Waals surface area contributed by atoms with Gasteiger partial charge in [0, 0.05) is 20.0 Å². The van der Waals surface area contributed by atoms with Crippen LogP contribution in [-0.4, -0.2) is 59.4 Å². The number of fused-ring (bicyclic) bond motifs is 1. The number of aromatic nitrogens is 1. The van der Waals surface area contributed by atoms with E-state index in [0.29, 0.717) is 43.9 Å². The minimum absolute atomic E-state index is 0.0381. The maximum absolute atomic E-state index is 13.2. The lowest BCUT2D eigenvalue weighted by molar-refractivity contribution is -0.134. The molecule has 0 bridgehead atoms. The second kappa shape index (κ2) is 10.8. The lowest BCUT2D eigenvalue weighted by atomic mass is 9.96. The molecule has 0 saturated carbocycles. The van der Waals surface area contributed by atoms with Crippen LogP contribution in [0.4, 0.5) is 0 Å². The van der Waals surface area contributed by atoms with Gasteiger partial charge in [0.05, 0.1) is 22.2 Å². The van der Waals surface area contributed by atoms with Crippen molar-refractivity contribution in [2.45, 2.75) is 44.9 Å². The van der Waals surface area contributed by atoms with E-state index in [4.69, 9.17) is 11.5 Å². The number of para-hydroxylation sites is 1. The Hall–Kier alpha value is -2.40. The summed E-state index contributed by atoms with van der Waals surface area (Å²) in [6, 6.07) is 6.86. The zero-order valence-electron chi connectivity index (χ0n) is 17.7. The Morgan fingerprint density at radius 3 is 2.77 bits per heavy atom. The van der Waals surface area contributed by atoms with Crippen LogP contribution in [0.15, 0.2) is 24.3 Å². The van der Waals surface area contributed by atoms with Crippen molar-refractivity contribution < 1.29 is 14.4 Å². The zero-order chi connectivity index (χ0) is 22.4. The van der Waals surface area contributed by atoms with Crippen molar-refractivity contribution in [3.05, 3.63) is 29.3 Å². The minimum atomic E-state index is -0.698. The fourth-order valence-corrected chi connectivity index (χ4v) is 4.70. The third-order valence-electron chi connectivity index (χ3n) is 5.42. The molecule has 3 rings (SSSR count). The van der Waals surface area contributed by atoms with Crippen molar-refractivity contribution in [3.63, 3.8) is 0 Å². The summed E-state index contributed by atoms with van der Waals surface area (Å²) in [5.74, 6) is -0.762. The summed E-state index contributed by atoms with van der Waals surface area (Å²) < 4.78 is 0.927. The van der Waals surface area contributed by atoms with Crippen molar-refractivity contribution in [3.8, 4) is 0 Å². The smallest absolute Gasteiger partial charge is 0.225 e. The molecule has 1 aliphatic rings. The fraction of sp³-hybridized carbons (Fsp3) is 0.524. The molecule has 6 N–H and O–H groups in total. The maximum atomic E-state index is 13.2. The normalized spacial score (nSPS) is 17.7. The van der Waals surface area contributed by atoms with Crippen molar-refractivity contribution in [2.24, 2.45) is 17.4 Å². The summed E-state index contributed by atoms with van der Waals surface area (Å²) >= 11 is 1.32. The first-order valence-electron chi connectivity index (χ1n) is 10.6. The van der Waals surface area contributed by atoms with Gasteiger partial charge in [-0.1, -0.05) is 12.1 Å². The van der Waals surface area contributed by atoms with Gasteiger partial charge in [-0.15, -0.1) is 11.3 Å². The number of nitrogens with one attached hydrogen (secondary N) is 2. The third-order valence-corrected chi connectivity index (χ3v) is 6.48. The van der Waals surface area contributed by atoms with E-state index in [1.165, 1.54) is 18.3 Å². The molecule has 1 aromatic carbocycles. The van der Waals surface area contributed by atoms with E-state index >= 15 is 0 Å². The zero-order valence-corrected chi connectivity index (χ0v) is 18.5. The molecule has 1 aromatic heterocycles. The van der Waals surface area contributed by atoms with Crippen LogP contribution >= 0.6 is 11.3 Å². The van der Waals surface area contributed by atoms with E-state index in [0.717, 1.165) is 16.6 Å². The van der Waals surface area contributed by atoms with Gasteiger partial charge in [-0.3, -0.25) is 19.7 Å². The lowest BCUT2D eigenvalue weighted by Crippen LogP contribution is -2.49. The Bertz CT molecular complexity index is 898. The molecule has 10 heteroatoms. The molecule has 0 radical (unpaired) electrons. The van der Waals surface area contributed by atoms with Crippen LogP contribution in [0.1, 0.15) is 42.4 Å². The van der Waals surface area contributed by atoms with Crippen LogP contribution in [0.5, 0.6) is 0 Å². The van der Waals surface area contributed by atoms with Crippen LogP contribution in [-0.2, 0) is 9.59 Å². The van der Waals surface area contributed by atoms with Crippen molar-refractivity contribution >= 4 is 39.2 Å². The highest BCUT2D eigenvalue weighted by molar-refractivity contribution is 7.20. The molecule has 2 amide bonds. The van der Waals surface area contributed by atoms with Gasteiger partial charge >= 0.3 is 0 Å². The van der Waals surface area contributed by atoms with Gasteiger partial charge in [0.2, 0.25) is 17.6 Å². The van der Waals surface area contributed by atoms with Crippen LogP contribution in [0.2, 0.25) is 0 Å². The Labute approximate surface area is 185 Å². The van der Waals surface area contributed by atoms with E-state index in [2.05, 4.69) is 15.6 Å². The quantitative estimate of drug-likeness (QED) is 0.253. The molecule has 168 valence electrons. The van der Waals surface area contributed by atoms with Crippen LogP contribution in [0.25, 0.3) is 10.2 Å². The average molecular weight is 447 g/mol. The molecular formula is C21H30N6O3S. The fourth-order valence-electron chi connectivity index (χ4n) is 3.74. The first kappa shape index (κ1) is 23.3. The Balaban J connectivity index is 1.71. The lowest BCUT2D eigenvalue weighted by Gasteiger charge is -2.32. The van der Waals surface area contributed by atoms with Crippen molar-refractivity contribution in [2.75, 3.05) is 19.6 Å². The molecular weight excluding hydrogens is 416 g/mol. The maximum Gasteiger partial charge on any atom is 0.225 e.